The van der Waals surface area contributed by atoms with E-state index >= 15 is 0 Å². The molecule has 2 rings (SSSR count). The zero-order valence-electron chi connectivity index (χ0n) is 13.3. The van der Waals surface area contributed by atoms with Crippen LogP contribution in [0.4, 0.5) is 0 Å². The molecule has 6 heteroatoms. The number of benzene rings is 1. The van der Waals surface area contributed by atoms with Gasteiger partial charge in [0.1, 0.15) is 6.10 Å². The minimum Gasteiger partial charge on any atom is -0.481 e. The van der Waals surface area contributed by atoms with Gasteiger partial charge in [-0.2, -0.15) is 0 Å². The lowest BCUT2D eigenvalue weighted by molar-refractivity contribution is -0.259. The molecule has 0 aromatic heterocycles. The van der Waals surface area contributed by atoms with Crippen LogP contribution in [0.5, 0.6) is 0 Å². The average molecular weight is 322 g/mol. The van der Waals surface area contributed by atoms with Crippen molar-refractivity contribution in [2.24, 2.45) is 0 Å². The van der Waals surface area contributed by atoms with Gasteiger partial charge in [0.05, 0.1) is 19.1 Å². The maximum Gasteiger partial charge on any atom is 0.306 e. The van der Waals surface area contributed by atoms with Crippen LogP contribution in [0.25, 0.3) is 0 Å². The molecule has 2 N–H and O–H groups in total. The molecule has 1 aromatic carbocycles. The fourth-order valence-electron chi connectivity index (χ4n) is 3.04. The number of carboxylic acid groups (broad SMARTS) is 1. The van der Waals surface area contributed by atoms with E-state index in [9.17, 15) is 14.7 Å². The molecule has 0 amide bonds. The largest absolute Gasteiger partial charge is 0.481 e. The van der Waals surface area contributed by atoms with Crippen molar-refractivity contribution < 1.29 is 29.3 Å². The van der Waals surface area contributed by atoms with Gasteiger partial charge in [-0.05, 0) is 12.5 Å². The fourth-order valence-corrected chi connectivity index (χ4v) is 3.04. The molecule has 0 saturated carbocycles. The van der Waals surface area contributed by atoms with Gasteiger partial charge >= 0.3 is 11.9 Å². The van der Waals surface area contributed by atoms with Gasteiger partial charge in [0, 0.05) is 19.3 Å². The van der Waals surface area contributed by atoms with E-state index in [1.165, 1.54) is 6.92 Å². The van der Waals surface area contributed by atoms with Gasteiger partial charge in [-0.15, -0.1) is 0 Å². The second-order valence-electron chi connectivity index (χ2n) is 6.02. The SMILES string of the molecule is CC(=O)O[C@@]1(C[C@H](c2ccccc2)[C@@H](C)O)COC1CC(=O)O. The number of carboxylic acids is 1. The molecule has 1 saturated heterocycles. The van der Waals surface area contributed by atoms with Crippen LogP contribution in [0, 0.1) is 0 Å². The molecular formula is C17H22O6. The lowest BCUT2D eigenvalue weighted by Crippen LogP contribution is -2.62. The van der Waals surface area contributed by atoms with Gasteiger partial charge < -0.3 is 19.7 Å². The van der Waals surface area contributed by atoms with E-state index in [-0.39, 0.29) is 18.9 Å². The minimum absolute atomic E-state index is 0.139. The third-order valence-corrected chi connectivity index (χ3v) is 4.20. The number of aliphatic hydroxyl groups is 1. The summed E-state index contributed by atoms with van der Waals surface area (Å²) in [4.78, 5) is 22.5. The van der Waals surface area contributed by atoms with Crippen molar-refractivity contribution in [2.45, 2.75) is 50.4 Å². The summed E-state index contributed by atoms with van der Waals surface area (Å²) in [6.45, 7) is 3.10. The van der Waals surface area contributed by atoms with Gasteiger partial charge in [-0.25, -0.2) is 0 Å². The van der Waals surface area contributed by atoms with Gasteiger partial charge in [0.2, 0.25) is 0 Å². The third kappa shape index (κ3) is 4.09. The van der Waals surface area contributed by atoms with Gasteiger partial charge in [-0.3, -0.25) is 9.59 Å². The molecule has 4 atom stereocenters. The quantitative estimate of drug-likeness (QED) is 0.743. The topological polar surface area (TPSA) is 93.1 Å². The summed E-state index contributed by atoms with van der Waals surface area (Å²) in [7, 11) is 0. The highest BCUT2D eigenvalue weighted by Crippen LogP contribution is 2.41. The molecule has 1 aliphatic rings. The second kappa shape index (κ2) is 7.10. The maximum absolute atomic E-state index is 11.5. The van der Waals surface area contributed by atoms with Crippen LogP contribution in [-0.4, -0.2) is 46.6 Å². The molecule has 1 unspecified atom stereocenters. The second-order valence-corrected chi connectivity index (χ2v) is 6.02. The first-order chi connectivity index (χ1) is 10.8. The van der Waals surface area contributed by atoms with Crippen LogP contribution >= 0.6 is 0 Å². The molecule has 1 aromatic rings. The molecule has 23 heavy (non-hydrogen) atoms. The van der Waals surface area contributed by atoms with E-state index in [0.717, 1.165) is 5.56 Å². The Labute approximate surface area is 135 Å². The average Bonchev–Trinajstić information content (AvgIpc) is 2.48. The predicted molar refractivity (Wildman–Crippen MR) is 82.0 cm³/mol. The van der Waals surface area contributed by atoms with Gasteiger partial charge in [0.25, 0.3) is 0 Å². The monoisotopic (exact) mass is 322 g/mol. The van der Waals surface area contributed by atoms with E-state index in [0.29, 0.717) is 6.42 Å². The summed E-state index contributed by atoms with van der Waals surface area (Å²) in [6, 6.07) is 9.41. The molecule has 1 aliphatic heterocycles. The van der Waals surface area contributed by atoms with Crippen molar-refractivity contribution in [1.82, 2.24) is 0 Å². The van der Waals surface area contributed by atoms with E-state index in [2.05, 4.69) is 0 Å². The molecule has 0 bridgehead atoms. The van der Waals surface area contributed by atoms with Crippen molar-refractivity contribution in [2.75, 3.05) is 6.61 Å². The molecule has 1 heterocycles. The number of esters is 1. The van der Waals surface area contributed by atoms with Gasteiger partial charge in [0.15, 0.2) is 5.60 Å². The Bertz CT molecular complexity index is 555. The molecular weight excluding hydrogens is 300 g/mol. The Morgan fingerprint density at radius 1 is 1.39 bits per heavy atom. The number of hydrogen-bond acceptors (Lipinski definition) is 5. The van der Waals surface area contributed by atoms with Crippen molar-refractivity contribution in [3.63, 3.8) is 0 Å². The normalized spacial score (nSPS) is 26.0. The molecule has 0 spiro atoms. The smallest absolute Gasteiger partial charge is 0.306 e. The molecule has 0 radical (unpaired) electrons. The number of aliphatic hydroxyl groups excluding tert-OH is 1. The summed E-state index contributed by atoms with van der Waals surface area (Å²) < 4.78 is 10.8. The Kier molecular flexibility index (Phi) is 5.38. The summed E-state index contributed by atoms with van der Waals surface area (Å²) in [6.07, 6.45) is -1.30. The lowest BCUT2D eigenvalue weighted by atomic mass is 9.77. The van der Waals surface area contributed by atoms with Crippen molar-refractivity contribution in [3.8, 4) is 0 Å². The summed E-state index contributed by atoms with van der Waals surface area (Å²) in [5.41, 5.74) is -0.100. The molecule has 126 valence electrons. The first-order valence-corrected chi connectivity index (χ1v) is 7.60. The zero-order valence-corrected chi connectivity index (χ0v) is 13.3. The van der Waals surface area contributed by atoms with E-state index in [4.69, 9.17) is 14.6 Å². The number of aliphatic carboxylic acids is 1. The molecule has 1 fully saturated rings. The lowest BCUT2D eigenvalue weighted by Gasteiger charge is -2.49. The van der Waals surface area contributed by atoms with Crippen LogP contribution in [-0.2, 0) is 19.1 Å². The van der Waals surface area contributed by atoms with Crippen molar-refractivity contribution in [1.29, 1.82) is 0 Å². The van der Waals surface area contributed by atoms with Crippen LogP contribution in [0.3, 0.4) is 0 Å². The molecule has 0 aliphatic carbocycles. The highest BCUT2D eigenvalue weighted by atomic mass is 16.6. The number of ether oxygens (including phenoxy) is 2. The summed E-state index contributed by atoms with van der Waals surface area (Å²) >= 11 is 0. The van der Waals surface area contributed by atoms with E-state index in [1.807, 2.05) is 30.3 Å². The van der Waals surface area contributed by atoms with E-state index in [1.54, 1.807) is 6.92 Å². The number of hydrogen-bond donors (Lipinski definition) is 2. The fraction of sp³-hybridized carbons (Fsp3) is 0.529. The Balaban J connectivity index is 2.25. The van der Waals surface area contributed by atoms with Crippen LogP contribution in [0.15, 0.2) is 30.3 Å². The highest BCUT2D eigenvalue weighted by Gasteiger charge is 2.54. The first kappa shape index (κ1) is 17.4. The third-order valence-electron chi connectivity index (χ3n) is 4.20. The highest BCUT2D eigenvalue weighted by molar-refractivity contribution is 5.69. The molecule has 6 nitrogen and oxygen atoms in total. The van der Waals surface area contributed by atoms with Gasteiger partial charge in [-0.1, -0.05) is 30.3 Å². The standard InChI is InChI=1S/C17H22O6/c1-11(18)14(13-6-4-3-5-7-13)9-17(23-12(2)19)10-22-15(17)8-16(20)21/h3-7,11,14-15,18H,8-10H2,1-2H3,(H,20,21)/t11-,14+,15?,17+/m1/s1. The van der Waals surface area contributed by atoms with E-state index < -0.39 is 29.7 Å². The Morgan fingerprint density at radius 3 is 2.48 bits per heavy atom. The predicted octanol–water partition coefficient (Wildman–Crippen LogP) is 1.72. The maximum atomic E-state index is 11.5. The minimum atomic E-state index is -1.01. The van der Waals surface area contributed by atoms with Crippen molar-refractivity contribution >= 4 is 11.9 Å². The van der Waals surface area contributed by atoms with Crippen LogP contribution in [0.2, 0.25) is 0 Å². The van der Waals surface area contributed by atoms with Crippen LogP contribution < -0.4 is 0 Å². The number of carbonyl (C=O) groups is 2. The summed E-state index contributed by atoms with van der Waals surface area (Å²) in [5.74, 6) is -1.78. The van der Waals surface area contributed by atoms with Crippen molar-refractivity contribution in [3.05, 3.63) is 35.9 Å². The number of rotatable bonds is 7. The first-order valence-electron chi connectivity index (χ1n) is 7.60. The Hall–Kier alpha value is -1.92. The van der Waals surface area contributed by atoms with Crippen LogP contribution in [0.1, 0.15) is 38.2 Å². The Morgan fingerprint density at radius 2 is 2.04 bits per heavy atom. The zero-order chi connectivity index (χ0) is 17.0. The number of carbonyl (C=O) groups excluding carboxylic acids is 1. The summed E-state index contributed by atoms with van der Waals surface area (Å²) in [5, 5.41) is 19.2.